The summed E-state index contributed by atoms with van der Waals surface area (Å²) in [7, 11) is 0. The van der Waals surface area contributed by atoms with Crippen LogP contribution in [0.4, 0.5) is 30.2 Å². The highest BCUT2D eigenvalue weighted by atomic mass is 19.4. The SMILES string of the molecule is CCCC(C(N)=O)C(CC1CCC1)C(=O)NC1CN(c2ccccc2)c2ccccc2N(Cc2cccc(-c3ccc(C(F)(F)F)cc3)c2)C1=O. The van der Waals surface area contributed by atoms with E-state index in [0.29, 0.717) is 42.0 Å². The molecular weight excluding hydrogens is 653 g/mol. The molecule has 0 radical (unpaired) electrons. The van der Waals surface area contributed by atoms with Gasteiger partial charge in [-0.25, -0.2) is 0 Å². The zero-order valence-electron chi connectivity index (χ0n) is 28.6. The minimum atomic E-state index is -4.44. The van der Waals surface area contributed by atoms with Crippen molar-refractivity contribution in [2.45, 2.75) is 64.2 Å². The molecule has 2 aliphatic rings. The zero-order chi connectivity index (χ0) is 36.1. The van der Waals surface area contributed by atoms with E-state index in [1.165, 1.54) is 12.1 Å². The number of fused-ring (bicyclic) bond motifs is 1. The van der Waals surface area contributed by atoms with Gasteiger partial charge in [-0.05, 0) is 77.9 Å². The standard InChI is InChI=1S/C41H43F3N4O3/c1-2-10-33(38(45)49)34(24-27-11-8-12-27)39(50)46-35-26-47(32-15-4-3-5-16-32)36-17-6-7-18-37(36)48(40(35)51)25-28-13-9-14-30(23-28)29-19-21-31(22-20-29)41(42,43)44/h3-7,9,13-23,27,33-35H,2,8,10-12,24-26H2,1H3,(H2,45,49)(H,46,50). The number of nitrogens with one attached hydrogen (secondary N) is 1. The molecule has 3 unspecified atom stereocenters. The number of alkyl halides is 3. The van der Waals surface area contributed by atoms with E-state index in [-0.39, 0.29) is 24.9 Å². The lowest BCUT2D eigenvalue weighted by Gasteiger charge is -2.33. The van der Waals surface area contributed by atoms with Crippen LogP contribution in [0, 0.1) is 17.8 Å². The number of carbonyl (C=O) groups excluding carboxylic acids is 3. The molecule has 3 amide bonds. The fourth-order valence-corrected chi connectivity index (χ4v) is 7.27. The van der Waals surface area contributed by atoms with Gasteiger partial charge in [0.2, 0.25) is 11.8 Å². The van der Waals surface area contributed by atoms with Crippen LogP contribution >= 0.6 is 0 Å². The van der Waals surface area contributed by atoms with Gasteiger partial charge in [0.1, 0.15) is 6.04 Å². The molecule has 51 heavy (non-hydrogen) atoms. The number of para-hydroxylation sites is 3. The zero-order valence-corrected chi connectivity index (χ0v) is 28.6. The Morgan fingerprint density at radius 1 is 0.863 bits per heavy atom. The highest BCUT2D eigenvalue weighted by Gasteiger charge is 2.40. The number of carbonyl (C=O) groups is 3. The predicted molar refractivity (Wildman–Crippen MR) is 193 cm³/mol. The Labute approximate surface area is 296 Å². The van der Waals surface area contributed by atoms with Crippen LogP contribution in [0.25, 0.3) is 11.1 Å². The van der Waals surface area contributed by atoms with Crippen molar-refractivity contribution >= 4 is 34.8 Å². The fraction of sp³-hybridized carbons (Fsp3) is 0.341. The Hall–Kier alpha value is -5.12. The summed E-state index contributed by atoms with van der Waals surface area (Å²) in [5.74, 6) is -2.12. The van der Waals surface area contributed by atoms with Crippen LogP contribution in [0.5, 0.6) is 0 Å². The van der Waals surface area contributed by atoms with Crippen LogP contribution in [-0.2, 0) is 27.1 Å². The number of anilines is 3. The van der Waals surface area contributed by atoms with Gasteiger partial charge in [0, 0.05) is 17.5 Å². The van der Waals surface area contributed by atoms with Crippen molar-refractivity contribution in [1.29, 1.82) is 0 Å². The van der Waals surface area contributed by atoms with E-state index in [0.717, 1.165) is 48.3 Å². The van der Waals surface area contributed by atoms with Gasteiger partial charge in [-0.15, -0.1) is 0 Å². The number of rotatable bonds is 12. The van der Waals surface area contributed by atoms with Crippen molar-refractivity contribution in [3.8, 4) is 11.1 Å². The van der Waals surface area contributed by atoms with Crippen molar-refractivity contribution < 1.29 is 27.6 Å². The van der Waals surface area contributed by atoms with Crippen molar-refractivity contribution in [2.75, 3.05) is 16.3 Å². The third kappa shape index (κ3) is 8.11. The van der Waals surface area contributed by atoms with Crippen LogP contribution in [0.15, 0.2) is 103 Å². The summed E-state index contributed by atoms with van der Waals surface area (Å²) in [4.78, 5) is 45.4. The Balaban J connectivity index is 1.36. The number of nitrogens with zero attached hydrogens (tertiary/aromatic N) is 2. The maximum absolute atomic E-state index is 14.7. The van der Waals surface area contributed by atoms with E-state index in [1.807, 2.05) is 90.7 Å². The molecular formula is C41H43F3N4O3. The van der Waals surface area contributed by atoms with Crippen molar-refractivity contribution in [2.24, 2.45) is 23.5 Å². The molecule has 0 saturated heterocycles. The summed E-state index contributed by atoms with van der Waals surface area (Å²) >= 11 is 0. The first-order valence-corrected chi connectivity index (χ1v) is 17.6. The molecule has 10 heteroatoms. The van der Waals surface area contributed by atoms with E-state index in [9.17, 15) is 27.6 Å². The smallest absolute Gasteiger partial charge is 0.369 e. The first kappa shape index (κ1) is 35.7. The fourth-order valence-electron chi connectivity index (χ4n) is 7.27. The quantitative estimate of drug-likeness (QED) is 0.156. The summed E-state index contributed by atoms with van der Waals surface area (Å²) in [5.41, 5.74) is 9.50. The second-order valence-corrected chi connectivity index (χ2v) is 13.6. The Bertz CT molecular complexity index is 1840. The van der Waals surface area contributed by atoms with Gasteiger partial charge >= 0.3 is 6.18 Å². The van der Waals surface area contributed by atoms with Crippen molar-refractivity contribution in [1.82, 2.24) is 5.32 Å². The number of nitrogens with two attached hydrogens (primary N) is 1. The summed E-state index contributed by atoms with van der Waals surface area (Å²) in [6.07, 6.45) is 0.384. The third-order valence-corrected chi connectivity index (χ3v) is 10.2. The molecule has 1 fully saturated rings. The highest BCUT2D eigenvalue weighted by Crippen LogP contribution is 2.40. The predicted octanol–water partition coefficient (Wildman–Crippen LogP) is 8.25. The van der Waals surface area contributed by atoms with E-state index in [2.05, 4.69) is 5.32 Å². The summed E-state index contributed by atoms with van der Waals surface area (Å²) < 4.78 is 39.7. The van der Waals surface area contributed by atoms with Gasteiger partial charge in [-0.2, -0.15) is 13.2 Å². The number of hydrogen-bond donors (Lipinski definition) is 2. The first-order chi connectivity index (χ1) is 24.5. The van der Waals surface area contributed by atoms with Crippen molar-refractivity contribution in [3.05, 3.63) is 114 Å². The van der Waals surface area contributed by atoms with Gasteiger partial charge in [0.05, 0.1) is 30.0 Å². The molecule has 7 nitrogen and oxygen atoms in total. The van der Waals surface area contributed by atoms with Crippen LogP contribution in [-0.4, -0.2) is 30.3 Å². The molecule has 0 aromatic heterocycles. The van der Waals surface area contributed by atoms with E-state index in [1.54, 1.807) is 4.90 Å². The van der Waals surface area contributed by atoms with E-state index >= 15 is 0 Å². The molecule has 0 spiro atoms. The maximum atomic E-state index is 14.7. The van der Waals surface area contributed by atoms with Crippen molar-refractivity contribution in [3.63, 3.8) is 0 Å². The number of amides is 3. The molecule has 1 heterocycles. The summed E-state index contributed by atoms with van der Waals surface area (Å²) in [5, 5.41) is 3.09. The minimum Gasteiger partial charge on any atom is -0.369 e. The second kappa shape index (κ2) is 15.4. The van der Waals surface area contributed by atoms with Crippen LogP contribution < -0.4 is 20.9 Å². The highest BCUT2D eigenvalue weighted by molar-refractivity contribution is 6.04. The Morgan fingerprint density at radius 2 is 1.55 bits per heavy atom. The normalized spacial score (nSPS) is 17.6. The Morgan fingerprint density at radius 3 is 2.18 bits per heavy atom. The summed E-state index contributed by atoms with van der Waals surface area (Å²) in [6.45, 7) is 2.26. The lowest BCUT2D eigenvalue weighted by molar-refractivity contribution is -0.137. The van der Waals surface area contributed by atoms with Gasteiger partial charge in [-0.1, -0.05) is 93.3 Å². The molecule has 1 aliphatic carbocycles. The molecule has 3 atom stereocenters. The largest absolute Gasteiger partial charge is 0.416 e. The van der Waals surface area contributed by atoms with Gasteiger partial charge in [0.15, 0.2) is 0 Å². The number of primary amides is 1. The molecule has 4 aromatic carbocycles. The van der Waals surface area contributed by atoms with Crippen LogP contribution in [0.2, 0.25) is 0 Å². The topological polar surface area (TPSA) is 95.7 Å². The first-order valence-electron chi connectivity index (χ1n) is 17.6. The number of halogens is 3. The van der Waals surface area contributed by atoms with Gasteiger partial charge in [0.25, 0.3) is 5.91 Å². The average molecular weight is 697 g/mol. The lowest BCUT2D eigenvalue weighted by Crippen LogP contribution is -2.54. The molecule has 1 aliphatic heterocycles. The van der Waals surface area contributed by atoms with Gasteiger partial charge < -0.3 is 20.9 Å². The lowest BCUT2D eigenvalue weighted by atomic mass is 9.74. The molecule has 0 bridgehead atoms. The molecule has 266 valence electrons. The molecule has 3 N–H and O–H groups in total. The molecule has 1 saturated carbocycles. The average Bonchev–Trinajstić information content (AvgIpc) is 3.21. The third-order valence-electron chi connectivity index (χ3n) is 10.2. The van der Waals surface area contributed by atoms with Gasteiger partial charge in [-0.3, -0.25) is 14.4 Å². The Kier molecular flexibility index (Phi) is 10.8. The number of benzene rings is 4. The van der Waals surface area contributed by atoms with E-state index in [4.69, 9.17) is 5.73 Å². The number of hydrogen-bond acceptors (Lipinski definition) is 4. The molecule has 4 aromatic rings. The second-order valence-electron chi connectivity index (χ2n) is 13.6. The molecule has 6 rings (SSSR count). The van der Waals surface area contributed by atoms with E-state index < -0.39 is 35.5 Å². The monoisotopic (exact) mass is 696 g/mol. The van der Waals surface area contributed by atoms with Crippen LogP contribution in [0.3, 0.4) is 0 Å². The van der Waals surface area contributed by atoms with Crippen LogP contribution in [0.1, 0.15) is 56.6 Å². The maximum Gasteiger partial charge on any atom is 0.416 e. The summed E-state index contributed by atoms with van der Waals surface area (Å²) in [6, 6.07) is 28.6. The minimum absolute atomic E-state index is 0.143.